The summed E-state index contributed by atoms with van der Waals surface area (Å²) in [5, 5.41) is 12.0. The molecule has 0 radical (unpaired) electrons. The average Bonchev–Trinajstić information content (AvgIpc) is 2.45. The minimum atomic E-state index is -1.45. The minimum absolute atomic E-state index is 0.249. The Labute approximate surface area is 121 Å². The van der Waals surface area contributed by atoms with E-state index >= 15 is 0 Å². The van der Waals surface area contributed by atoms with Crippen molar-refractivity contribution in [2.45, 2.75) is 32.2 Å². The van der Waals surface area contributed by atoms with Crippen LogP contribution in [-0.2, 0) is 11.3 Å². The molecule has 0 unspecified atom stereocenters. The molecule has 1 aromatic carbocycles. The number of rotatable bonds is 5. The molecule has 1 aromatic rings. The maximum atomic E-state index is 13.0. The van der Waals surface area contributed by atoms with Crippen LogP contribution in [0.4, 0.5) is 13.2 Å². The summed E-state index contributed by atoms with van der Waals surface area (Å²) < 4.78 is 38.9. The van der Waals surface area contributed by atoms with Gasteiger partial charge < -0.3 is 10.4 Å². The van der Waals surface area contributed by atoms with E-state index in [1.165, 1.54) is 0 Å². The summed E-state index contributed by atoms with van der Waals surface area (Å²) in [5.74, 6) is -4.44. The summed E-state index contributed by atoms with van der Waals surface area (Å²) in [4.78, 5) is 10.8. The molecule has 0 bridgehead atoms. The Bertz CT molecular complexity index is 491. The molecule has 1 fully saturated rings. The van der Waals surface area contributed by atoms with Crippen LogP contribution in [0.15, 0.2) is 12.1 Å². The van der Waals surface area contributed by atoms with E-state index in [0.717, 1.165) is 25.0 Å². The van der Waals surface area contributed by atoms with Crippen molar-refractivity contribution in [3.05, 3.63) is 35.1 Å². The number of hydrogen-bond acceptors (Lipinski definition) is 2. The zero-order chi connectivity index (χ0) is 15.4. The first kappa shape index (κ1) is 15.8. The monoisotopic (exact) mass is 301 g/mol. The van der Waals surface area contributed by atoms with Crippen LogP contribution < -0.4 is 5.32 Å². The summed E-state index contributed by atoms with van der Waals surface area (Å²) in [6.45, 7) is 0.917. The highest BCUT2D eigenvalue weighted by Crippen LogP contribution is 2.28. The van der Waals surface area contributed by atoms with Crippen molar-refractivity contribution in [3.63, 3.8) is 0 Å². The average molecular weight is 301 g/mol. The third-order valence-electron chi connectivity index (χ3n) is 4.00. The predicted octanol–water partition coefficient (Wildman–Crippen LogP) is 3.08. The van der Waals surface area contributed by atoms with Crippen LogP contribution in [0.1, 0.15) is 31.2 Å². The topological polar surface area (TPSA) is 49.3 Å². The molecule has 2 N–H and O–H groups in total. The lowest BCUT2D eigenvalue weighted by atomic mass is 9.82. The van der Waals surface area contributed by atoms with Gasteiger partial charge in [-0.15, -0.1) is 0 Å². The quantitative estimate of drug-likeness (QED) is 0.822. The van der Waals surface area contributed by atoms with Crippen LogP contribution in [0.5, 0.6) is 0 Å². The van der Waals surface area contributed by atoms with Gasteiger partial charge >= 0.3 is 5.97 Å². The van der Waals surface area contributed by atoms with Crippen molar-refractivity contribution >= 4 is 5.97 Å². The van der Waals surface area contributed by atoms with Crippen LogP contribution in [-0.4, -0.2) is 17.6 Å². The van der Waals surface area contributed by atoms with Gasteiger partial charge in [0.15, 0.2) is 17.5 Å². The standard InChI is InChI=1S/C15H18F3NO2/c16-12-5-10(6-13(17)14(12)18)8-19-7-9-1-3-11(4-2-9)15(20)21/h5-6,9,11,19H,1-4,7-8H2,(H,20,21). The molecule has 3 nitrogen and oxygen atoms in total. The maximum absolute atomic E-state index is 13.0. The number of aliphatic carboxylic acids is 1. The minimum Gasteiger partial charge on any atom is -0.481 e. The van der Waals surface area contributed by atoms with Gasteiger partial charge in [0, 0.05) is 6.54 Å². The number of carboxylic acid groups (broad SMARTS) is 1. The van der Waals surface area contributed by atoms with Gasteiger partial charge in [-0.1, -0.05) is 0 Å². The van der Waals surface area contributed by atoms with E-state index in [0.29, 0.717) is 30.9 Å². The first-order valence-electron chi connectivity index (χ1n) is 7.04. The largest absolute Gasteiger partial charge is 0.481 e. The van der Waals surface area contributed by atoms with E-state index in [-0.39, 0.29) is 12.5 Å². The predicted molar refractivity (Wildman–Crippen MR) is 71.1 cm³/mol. The molecule has 0 atom stereocenters. The second kappa shape index (κ2) is 6.93. The summed E-state index contributed by atoms with van der Waals surface area (Å²) in [7, 11) is 0. The molecule has 21 heavy (non-hydrogen) atoms. The highest BCUT2D eigenvalue weighted by molar-refractivity contribution is 5.69. The van der Waals surface area contributed by atoms with Crippen molar-refractivity contribution in [1.82, 2.24) is 5.32 Å². The van der Waals surface area contributed by atoms with E-state index in [1.54, 1.807) is 0 Å². The Hall–Kier alpha value is -1.56. The summed E-state index contributed by atoms with van der Waals surface area (Å²) in [5.41, 5.74) is 0.352. The van der Waals surface area contributed by atoms with Gasteiger partial charge in [-0.3, -0.25) is 4.79 Å². The fourth-order valence-corrected chi connectivity index (χ4v) is 2.74. The number of benzene rings is 1. The Morgan fingerprint density at radius 2 is 1.71 bits per heavy atom. The van der Waals surface area contributed by atoms with Gasteiger partial charge in [0.1, 0.15) is 0 Å². The van der Waals surface area contributed by atoms with Crippen LogP contribution in [0, 0.1) is 29.3 Å². The number of carboxylic acids is 1. The van der Waals surface area contributed by atoms with Crippen molar-refractivity contribution in [2.75, 3.05) is 6.54 Å². The first-order chi connectivity index (χ1) is 9.97. The van der Waals surface area contributed by atoms with Gasteiger partial charge in [-0.2, -0.15) is 0 Å². The fourth-order valence-electron chi connectivity index (χ4n) is 2.74. The van der Waals surface area contributed by atoms with Crippen molar-refractivity contribution in [1.29, 1.82) is 0 Å². The number of halogens is 3. The van der Waals surface area contributed by atoms with Gasteiger partial charge in [-0.25, -0.2) is 13.2 Å². The SMILES string of the molecule is O=C(O)C1CCC(CNCc2cc(F)c(F)c(F)c2)CC1. The molecule has 0 aromatic heterocycles. The maximum Gasteiger partial charge on any atom is 0.306 e. The van der Waals surface area contributed by atoms with Crippen LogP contribution in [0.2, 0.25) is 0 Å². The fraction of sp³-hybridized carbons (Fsp3) is 0.533. The van der Waals surface area contributed by atoms with Gasteiger partial charge in [-0.05, 0) is 55.8 Å². The van der Waals surface area contributed by atoms with Gasteiger partial charge in [0.05, 0.1) is 5.92 Å². The Kier molecular flexibility index (Phi) is 5.22. The second-order valence-electron chi connectivity index (χ2n) is 5.56. The smallest absolute Gasteiger partial charge is 0.306 e. The normalized spacial score (nSPS) is 22.2. The molecule has 1 saturated carbocycles. The molecule has 0 spiro atoms. The number of hydrogen-bond donors (Lipinski definition) is 2. The molecule has 0 aliphatic heterocycles. The van der Waals surface area contributed by atoms with Crippen molar-refractivity contribution in [2.24, 2.45) is 11.8 Å². The van der Waals surface area contributed by atoms with E-state index < -0.39 is 23.4 Å². The van der Waals surface area contributed by atoms with Crippen LogP contribution >= 0.6 is 0 Å². The van der Waals surface area contributed by atoms with E-state index in [1.807, 2.05) is 0 Å². The molecule has 1 aliphatic carbocycles. The molecular formula is C15H18F3NO2. The van der Waals surface area contributed by atoms with Crippen LogP contribution in [0.25, 0.3) is 0 Å². The summed E-state index contributed by atoms with van der Waals surface area (Å²) in [6.07, 6.45) is 3.00. The first-order valence-corrected chi connectivity index (χ1v) is 7.04. The second-order valence-corrected chi connectivity index (χ2v) is 5.56. The van der Waals surface area contributed by atoms with E-state index in [9.17, 15) is 18.0 Å². The summed E-state index contributed by atoms with van der Waals surface area (Å²) >= 11 is 0. The molecule has 0 amide bonds. The van der Waals surface area contributed by atoms with Crippen molar-refractivity contribution < 1.29 is 23.1 Å². The molecule has 2 rings (SSSR count). The van der Waals surface area contributed by atoms with E-state index in [4.69, 9.17) is 5.11 Å². The highest BCUT2D eigenvalue weighted by atomic mass is 19.2. The highest BCUT2D eigenvalue weighted by Gasteiger charge is 2.25. The lowest BCUT2D eigenvalue weighted by Crippen LogP contribution is -2.28. The lowest BCUT2D eigenvalue weighted by Gasteiger charge is -2.26. The van der Waals surface area contributed by atoms with Gasteiger partial charge in [0.2, 0.25) is 0 Å². The van der Waals surface area contributed by atoms with Gasteiger partial charge in [0.25, 0.3) is 0 Å². The summed E-state index contributed by atoms with van der Waals surface area (Å²) in [6, 6.07) is 1.96. The van der Waals surface area contributed by atoms with Crippen LogP contribution in [0.3, 0.4) is 0 Å². The Morgan fingerprint density at radius 3 is 2.24 bits per heavy atom. The van der Waals surface area contributed by atoms with E-state index in [2.05, 4.69) is 5.32 Å². The molecule has 0 heterocycles. The number of carbonyl (C=O) groups is 1. The lowest BCUT2D eigenvalue weighted by molar-refractivity contribution is -0.143. The zero-order valence-electron chi connectivity index (χ0n) is 11.5. The molecule has 6 heteroatoms. The number of nitrogens with one attached hydrogen (secondary N) is 1. The Morgan fingerprint density at radius 1 is 1.14 bits per heavy atom. The zero-order valence-corrected chi connectivity index (χ0v) is 11.5. The molecule has 1 aliphatic rings. The Balaban J connectivity index is 1.77. The molecular weight excluding hydrogens is 283 g/mol. The molecule has 0 saturated heterocycles. The van der Waals surface area contributed by atoms with Crippen molar-refractivity contribution in [3.8, 4) is 0 Å². The third kappa shape index (κ3) is 4.20. The molecule has 116 valence electrons. The third-order valence-corrected chi connectivity index (χ3v) is 4.00.